The van der Waals surface area contributed by atoms with Crippen molar-refractivity contribution >= 4 is 18.2 Å². The summed E-state index contributed by atoms with van der Waals surface area (Å²) in [6.45, 7) is 0.828. The van der Waals surface area contributed by atoms with Crippen LogP contribution in [0.5, 0.6) is 11.5 Å². The molecule has 5 nitrogen and oxygen atoms in total. The van der Waals surface area contributed by atoms with Gasteiger partial charge in [0.1, 0.15) is 0 Å². The summed E-state index contributed by atoms with van der Waals surface area (Å²) in [5.41, 5.74) is 0.370. The summed E-state index contributed by atoms with van der Waals surface area (Å²) in [5.74, 6) is 0.561. The minimum absolute atomic E-state index is 0. The van der Waals surface area contributed by atoms with Crippen LogP contribution in [-0.4, -0.2) is 52.2 Å². The molecule has 2 aliphatic carbocycles. The summed E-state index contributed by atoms with van der Waals surface area (Å²) in [5, 5.41) is 21.8. The van der Waals surface area contributed by atoms with E-state index in [0.29, 0.717) is 25.0 Å². The number of phenols is 1. The lowest BCUT2D eigenvalue weighted by Crippen LogP contribution is -2.76. The van der Waals surface area contributed by atoms with Gasteiger partial charge >= 0.3 is 0 Å². The largest absolute Gasteiger partial charge is 0.504 e. The summed E-state index contributed by atoms with van der Waals surface area (Å²) in [6, 6.07) is 3.57. The summed E-state index contributed by atoms with van der Waals surface area (Å²) in [7, 11) is 2.04. The Morgan fingerprint density at radius 2 is 2.13 bits per heavy atom. The van der Waals surface area contributed by atoms with Gasteiger partial charge in [0.2, 0.25) is 0 Å². The molecule has 2 N–H and O–H groups in total. The molecule has 124 valence electrons. The SMILES string of the molecule is CN1CC[C@]23c4c5ccc(O)c4OC2C(=O)CC[C@@]3(O)[C@H]1C5.Cl. The lowest BCUT2D eigenvalue weighted by atomic mass is 9.49. The zero-order valence-corrected chi connectivity index (χ0v) is 13.7. The topological polar surface area (TPSA) is 70.0 Å². The number of nitrogens with zero attached hydrogens (tertiary/aromatic N) is 1. The predicted octanol–water partition coefficient (Wildman–Crippen LogP) is 1.17. The van der Waals surface area contributed by atoms with Gasteiger partial charge < -0.3 is 19.8 Å². The highest BCUT2D eigenvalue weighted by Crippen LogP contribution is 2.64. The molecule has 1 saturated carbocycles. The standard InChI is InChI=1S/C17H19NO4.ClH/c1-18-7-6-16-13-9-2-3-10(19)14(13)22-15(16)11(20)4-5-17(16,21)12(18)8-9;/h2-3,12,15,19,21H,4-8H2,1H3;1H/t12-,15?,16+,17-;/m1./s1. The average Bonchev–Trinajstić information content (AvgIpc) is 2.85. The van der Waals surface area contributed by atoms with Crippen LogP contribution in [0.3, 0.4) is 0 Å². The number of hydrogen-bond donors (Lipinski definition) is 2. The number of ketones is 1. The fraction of sp³-hybridized carbons (Fsp3) is 0.588. The molecule has 1 saturated heterocycles. The number of likely N-dealkylation sites (tertiary alicyclic amines) is 1. The van der Waals surface area contributed by atoms with Crippen LogP contribution in [0.15, 0.2) is 12.1 Å². The number of carbonyl (C=O) groups is 1. The molecule has 0 aromatic heterocycles. The van der Waals surface area contributed by atoms with E-state index in [4.69, 9.17) is 4.74 Å². The number of phenolic OH excluding ortho intramolecular Hbond substituents is 1. The van der Waals surface area contributed by atoms with Crippen molar-refractivity contribution in [3.63, 3.8) is 0 Å². The molecule has 5 rings (SSSR count). The first-order valence-electron chi connectivity index (χ1n) is 7.96. The fourth-order valence-corrected chi connectivity index (χ4v) is 5.54. The second kappa shape index (κ2) is 4.41. The molecule has 2 heterocycles. The molecule has 6 heteroatoms. The summed E-state index contributed by atoms with van der Waals surface area (Å²) >= 11 is 0. The first kappa shape index (κ1) is 15.2. The van der Waals surface area contributed by atoms with Gasteiger partial charge in [0.15, 0.2) is 23.4 Å². The number of hydrogen-bond acceptors (Lipinski definition) is 5. The van der Waals surface area contributed by atoms with Gasteiger partial charge in [-0.1, -0.05) is 6.07 Å². The van der Waals surface area contributed by atoms with Gasteiger partial charge in [0, 0.05) is 18.0 Å². The van der Waals surface area contributed by atoms with E-state index >= 15 is 0 Å². The molecule has 4 atom stereocenters. The lowest BCUT2D eigenvalue weighted by molar-refractivity contribution is -0.185. The molecule has 1 aromatic carbocycles. The van der Waals surface area contributed by atoms with E-state index in [0.717, 1.165) is 24.1 Å². The number of ether oxygens (including phenoxy) is 1. The average molecular weight is 338 g/mol. The summed E-state index contributed by atoms with van der Waals surface area (Å²) < 4.78 is 5.94. The minimum Gasteiger partial charge on any atom is -0.504 e. The van der Waals surface area contributed by atoms with Gasteiger partial charge in [-0.05, 0) is 44.5 Å². The van der Waals surface area contributed by atoms with Crippen LogP contribution in [0.2, 0.25) is 0 Å². The Morgan fingerprint density at radius 1 is 1.35 bits per heavy atom. The maximum absolute atomic E-state index is 12.5. The molecule has 1 unspecified atom stereocenters. The van der Waals surface area contributed by atoms with Crippen molar-refractivity contribution < 1.29 is 19.7 Å². The van der Waals surface area contributed by atoms with Crippen molar-refractivity contribution in [2.45, 2.75) is 48.8 Å². The zero-order chi connectivity index (χ0) is 15.3. The number of carbonyl (C=O) groups excluding carboxylic acids is 1. The van der Waals surface area contributed by atoms with Gasteiger partial charge in [-0.3, -0.25) is 4.79 Å². The smallest absolute Gasteiger partial charge is 0.174 e. The highest BCUT2D eigenvalue weighted by Gasteiger charge is 2.72. The van der Waals surface area contributed by atoms with E-state index < -0.39 is 17.1 Å². The maximum atomic E-state index is 12.5. The van der Waals surface area contributed by atoms with Crippen LogP contribution in [0.1, 0.15) is 30.4 Å². The quantitative estimate of drug-likeness (QED) is 0.743. The predicted molar refractivity (Wildman–Crippen MR) is 85.4 cm³/mol. The van der Waals surface area contributed by atoms with Crippen LogP contribution in [-0.2, 0) is 16.6 Å². The Bertz CT molecular complexity index is 723. The van der Waals surface area contributed by atoms with Crippen molar-refractivity contribution in [1.29, 1.82) is 0 Å². The minimum atomic E-state index is -0.954. The normalized spacial score (nSPS) is 40.2. The van der Waals surface area contributed by atoms with Crippen LogP contribution < -0.4 is 4.74 Å². The van der Waals surface area contributed by atoms with Gasteiger partial charge in [-0.15, -0.1) is 12.4 Å². The molecular weight excluding hydrogens is 318 g/mol. The van der Waals surface area contributed by atoms with Crippen LogP contribution in [0.25, 0.3) is 0 Å². The third-order valence-corrected chi connectivity index (χ3v) is 6.53. The van der Waals surface area contributed by atoms with E-state index in [9.17, 15) is 15.0 Å². The Morgan fingerprint density at radius 3 is 2.91 bits per heavy atom. The molecule has 4 aliphatic rings. The van der Waals surface area contributed by atoms with E-state index in [-0.39, 0.29) is 30.0 Å². The molecule has 0 amide bonds. The van der Waals surface area contributed by atoms with Crippen molar-refractivity contribution in [2.24, 2.45) is 0 Å². The van der Waals surface area contributed by atoms with Gasteiger partial charge in [-0.25, -0.2) is 0 Å². The number of aromatic hydroxyl groups is 1. The van der Waals surface area contributed by atoms with Crippen molar-refractivity contribution in [1.82, 2.24) is 4.90 Å². The maximum Gasteiger partial charge on any atom is 0.174 e. The number of halogens is 1. The van der Waals surface area contributed by atoms with Crippen molar-refractivity contribution in [3.05, 3.63) is 23.3 Å². The Labute approximate surface area is 140 Å². The van der Waals surface area contributed by atoms with E-state index in [1.807, 2.05) is 13.1 Å². The van der Waals surface area contributed by atoms with Gasteiger partial charge in [0.05, 0.1) is 11.0 Å². The monoisotopic (exact) mass is 337 g/mol. The number of rotatable bonds is 0. The zero-order valence-electron chi connectivity index (χ0n) is 12.9. The Balaban J connectivity index is 0.00000135. The summed E-state index contributed by atoms with van der Waals surface area (Å²) in [6.07, 6.45) is 1.61. The van der Waals surface area contributed by atoms with Crippen LogP contribution in [0.4, 0.5) is 0 Å². The molecule has 2 bridgehead atoms. The number of piperidine rings is 1. The second-order valence-corrected chi connectivity index (χ2v) is 7.26. The third kappa shape index (κ3) is 1.45. The molecule has 23 heavy (non-hydrogen) atoms. The van der Waals surface area contributed by atoms with E-state index in [2.05, 4.69) is 4.90 Å². The first-order chi connectivity index (χ1) is 10.5. The Kier molecular flexibility index (Phi) is 2.92. The van der Waals surface area contributed by atoms with Gasteiger partial charge in [0.25, 0.3) is 0 Å². The molecule has 0 radical (unpaired) electrons. The third-order valence-electron chi connectivity index (χ3n) is 6.53. The van der Waals surface area contributed by atoms with Crippen molar-refractivity contribution in [3.8, 4) is 11.5 Å². The van der Waals surface area contributed by atoms with Crippen molar-refractivity contribution in [2.75, 3.05) is 13.6 Å². The highest BCUT2D eigenvalue weighted by molar-refractivity contribution is 5.90. The summed E-state index contributed by atoms with van der Waals surface area (Å²) in [4.78, 5) is 14.7. The van der Waals surface area contributed by atoms with Crippen LogP contribution >= 0.6 is 12.4 Å². The molecule has 1 spiro atoms. The fourth-order valence-electron chi connectivity index (χ4n) is 5.54. The molecule has 2 fully saturated rings. The number of aliphatic hydroxyl groups is 1. The molecule has 1 aromatic rings. The van der Waals surface area contributed by atoms with Crippen LogP contribution in [0, 0.1) is 0 Å². The number of likely N-dealkylation sites (N-methyl/N-ethyl adjacent to an activating group) is 1. The van der Waals surface area contributed by atoms with Gasteiger partial charge in [-0.2, -0.15) is 0 Å². The first-order valence-corrected chi connectivity index (χ1v) is 7.96. The molecule has 2 aliphatic heterocycles. The Hall–Kier alpha value is -1.30. The highest BCUT2D eigenvalue weighted by atomic mass is 35.5. The number of Topliss-reactive ketones (excluding diaryl/α,β-unsaturated/α-hetero) is 1. The van der Waals surface area contributed by atoms with E-state index in [1.165, 1.54) is 0 Å². The molecular formula is C17H20ClNO4. The van der Waals surface area contributed by atoms with E-state index in [1.54, 1.807) is 6.07 Å². The lowest BCUT2D eigenvalue weighted by Gasteiger charge is -2.61. The number of benzene rings is 1. The second-order valence-electron chi connectivity index (χ2n) is 7.26.